The Morgan fingerprint density at radius 3 is 2.65 bits per heavy atom. The molecular weight excluding hydrogens is 288 g/mol. The Kier molecular flexibility index (Phi) is 5.17. The van der Waals surface area contributed by atoms with Gasteiger partial charge >= 0.3 is 5.97 Å². The largest absolute Gasteiger partial charge is 0.481 e. The molecule has 3 heteroatoms. The summed E-state index contributed by atoms with van der Waals surface area (Å²) in [5, 5.41) is 8.89. The zero-order valence-electron chi connectivity index (χ0n) is 14.7. The Bertz CT molecular complexity index is 529. The van der Waals surface area contributed by atoms with Gasteiger partial charge in [-0.05, 0) is 60.3 Å². The highest BCUT2D eigenvalue weighted by Gasteiger charge is 2.52. The van der Waals surface area contributed by atoms with Crippen molar-refractivity contribution in [3.63, 3.8) is 0 Å². The molecule has 0 aromatic heterocycles. The summed E-state index contributed by atoms with van der Waals surface area (Å²) < 4.78 is 0. The maximum Gasteiger partial charge on any atom is 0.307 e. The van der Waals surface area contributed by atoms with Gasteiger partial charge in [0.05, 0.1) is 6.42 Å². The van der Waals surface area contributed by atoms with Crippen molar-refractivity contribution in [1.82, 2.24) is 0 Å². The van der Waals surface area contributed by atoms with Crippen molar-refractivity contribution in [3.8, 4) is 0 Å². The molecule has 2 saturated carbocycles. The van der Waals surface area contributed by atoms with Gasteiger partial charge in [0.15, 0.2) is 0 Å². The first-order valence-corrected chi connectivity index (χ1v) is 8.74. The lowest BCUT2D eigenvalue weighted by Gasteiger charge is -2.58. The van der Waals surface area contributed by atoms with E-state index in [4.69, 9.17) is 5.11 Å². The Morgan fingerprint density at radius 1 is 1.35 bits per heavy atom. The Hall–Kier alpha value is -1.38. The van der Waals surface area contributed by atoms with Crippen LogP contribution in [0, 0.1) is 22.7 Å². The monoisotopic (exact) mass is 318 g/mol. The lowest BCUT2D eigenvalue weighted by atomic mass is 9.47. The van der Waals surface area contributed by atoms with Gasteiger partial charge in [-0.1, -0.05) is 45.4 Å². The Morgan fingerprint density at radius 2 is 2.04 bits per heavy atom. The fraction of sp³-hybridized carbons (Fsp3) is 0.700. The van der Waals surface area contributed by atoms with Crippen LogP contribution in [0.5, 0.6) is 0 Å². The molecule has 2 fully saturated rings. The second kappa shape index (κ2) is 6.62. The number of fused-ring (bicyclic) bond motifs is 1. The van der Waals surface area contributed by atoms with Crippen molar-refractivity contribution in [1.29, 1.82) is 0 Å². The molecule has 0 spiro atoms. The van der Waals surface area contributed by atoms with Crippen molar-refractivity contribution in [2.24, 2.45) is 22.7 Å². The van der Waals surface area contributed by atoms with E-state index in [1.54, 1.807) is 0 Å². The van der Waals surface area contributed by atoms with Crippen LogP contribution < -0.4 is 0 Å². The molecule has 0 aliphatic heterocycles. The van der Waals surface area contributed by atoms with Gasteiger partial charge in [-0.15, -0.1) is 0 Å². The normalized spacial score (nSPS) is 33.9. The number of carbonyl (C=O) groups is 2. The summed E-state index contributed by atoms with van der Waals surface area (Å²) in [6.07, 6.45) is 9.06. The first-order valence-electron chi connectivity index (χ1n) is 8.74. The summed E-state index contributed by atoms with van der Waals surface area (Å²) in [4.78, 5) is 21.9. The van der Waals surface area contributed by atoms with Crippen molar-refractivity contribution in [2.45, 2.75) is 65.7 Å². The highest BCUT2D eigenvalue weighted by Crippen LogP contribution is 2.61. The third-order valence-electron chi connectivity index (χ3n) is 6.44. The van der Waals surface area contributed by atoms with Crippen LogP contribution in [0.2, 0.25) is 0 Å². The first kappa shape index (κ1) is 18.0. The zero-order chi connectivity index (χ0) is 17.3. The molecule has 0 aromatic carbocycles. The van der Waals surface area contributed by atoms with Crippen molar-refractivity contribution in [2.75, 3.05) is 0 Å². The van der Waals surface area contributed by atoms with Crippen LogP contribution in [0.25, 0.3) is 0 Å². The molecule has 2 aliphatic carbocycles. The molecule has 3 nitrogen and oxygen atoms in total. The maximum absolute atomic E-state index is 11.1. The van der Waals surface area contributed by atoms with Gasteiger partial charge in [-0.2, -0.15) is 0 Å². The minimum absolute atomic E-state index is 0.186. The predicted octanol–water partition coefficient (Wildman–Crippen LogP) is 4.78. The predicted molar refractivity (Wildman–Crippen MR) is 92.1 cm³/mol. The molecule has 3 atom stereocenters. The number of carbonyl (C=O) groups excluding carboxylic acids is 1. The maximum atomic E-state index is 11.1. The van der Waals surface area contributed by atoms with Crippen LogP contribution in [0.1, 0.15) is 65.7 Å². The standard InChI is InChI=1S/C20H30O3/c1-14-6-9-17-19(2,3)10-5-11-20(17,4)16(14)8-7-15(13-21)12-18(22)23/h7,13,16-17H,1,5-6,8-12H2,2-4H3,(H,22,23)/b15-7-. The van der Waals surface area contributed by atoms with E-state index >= 15 is 0 Å². The van der Waals surface area contributed by atoms with Crippen molar-refractivity contribution < 1.29 is 14.7 Å². The number of carboxylic acid groups (broad SMARTS) is 1. The summed E-state index contributed by atoms with van der Waals surface area (Å²) in [6.45, 7) is 11.5. The molecule has 2 rings (SSSR count). The summed E-state index contributed by atoms with van der Waals surface area (Å²) >= 11 is 0. The average Bonchev–Trinajstić information content (AvgIpc) is 2.43. The van der Waals surface area contributed by atoms with Gasteiger partial charge in [-0.3, -0.25) is 9.59 Å². The lowest BCUT2D eigenvalue weighted by molar-refractivity contribution is -0.136. The molecule has 128 valence electrons. The summed E-state index contributed by atoms with van der Waals surface area (Å²) in [7, 11) is 0. The van der Waals surface area contributed by atoms with Crippen LogP contribution in [0.15, 0.2) is 23.8 Å². The van der Waals surface area contributed by atoms with Gasteiger partial charge in [0.1, 0.15) is 6.29 Å². The van der Waals surface area contributed by atoms with Crippen molar-refractivity contribution >= 4 is 12.3 Å². The molecule has 23 heavy (non-hydrogen) atoms. The van der Waals surface area contributed by atoms with E-state index in [-0.39, 0.29) is 11.8 Å². The van der Waals surface area contributed by atoms with Gasteiger partial charge < -0.3 is 5.11 Å². The van der Waals surface area contributed by atoms with Crippen LogP contribution in [0.4, 0.5) is 0 Å². The highest BCUT2D eigenvalue weighted by molar-refractivity contribution is 5.83. The number of rotatable bonds is 5. The van der Waals surface area contributed by atoms with E-state index in [2.05, 4.69) is 27.4 Å². The Labute approximate surface area is 139 Å². The first-order chi connectivity index (χ1) is 10.7. The van der Waals surface area contributed by atoms with Crippen molar-refractivity contribution in [3.05, 3.63) is 23.8 Å². The summed E-state index contributed by atoms with van der Waals surface area (Å²) in [5.41, 5.74) is 2.22. The fourth-order valence-electron chi connectivity index (χ4n) is 5.32. The average molecular weight is 318 g/mol. The van der Waals surface area contributed by atoms with Gasteiger partial charge in [0.2, 0.25) is 0 Å². The zero-order valence-corrected chi connectivity index (χ0v) is 14.7. The SMILES string of the molecule is C=C1CCC2C(C)(C)CCCC2(C)C1C/C=C(\C=O)CC(=O)O. The van der Waals surface area contributed by atoms with E-state index < -0.39 is 5.97 Å². The van der Waals surface area contributed by atoms with E-state index in [1.807, 2.05) is 6.08 Å². The van der Waals surface area contributed by atoms with E-state index in [0.717, 1.165) is 12.8 Å². The number of hydrogen-bond acceptors (Lipinski definition) is 2. The number of carboxylic acids is 1. The molecule has 0 aromatic rings. The van der Waals surface area contributed by atoms with Crippen LogP contribution in [-0.2, 0) is 9.59 Å². The second-order valence-corrected chi connectivity index (χ2v) is 8.35. The van der Waals surface area contributed by atoms with E-state index in [9.17, 15) is 9.59 Å². The molecule has 0 bridgehead atoms. The molecule has 1 N–H and O–H groups in total. The molecular formula is C20H30O3. The van der Waals surface area contributed by atoms with Gasteiger partial charge in [0, 0.05) is 0 Å². The fourth-order valence-corrected chi connectivity index (χ4v) is 5.32. The number of aliphatic carboxylic acids is 1. The molecule has 2 aliphatic rings. The van der Waals surface area contributed by atoms with E-state index in [1.165, 1.54) is 31.3 Å². The smallest absolute Gasteiger partial charge is 0.307 e. The number of aldehydes is 1. The van der Waals surface area contributed by atoms with E-state index in [0.29, 0.717) is 29.1 Å². The lowest BCUT2D eigenvalue weighted by Crippen LogP contribution is -2.49. The molecule has 3 unspecified atom stereocenters. The number of hydrogen-bond donors (Lipinski definition) is 1. The van der Waals surface area contributed by atoms with Crippen LogP contribution >= 0.6 is 0 Å². The topological polar surface area (TPSA) is 54.4 Å². The third kappa shape index (κ3) is 3.59. The van der Waals surface area contributed by atoms with Crippen LogP contribution in [0.3, 0.4) is 0 Å². The quantitative estimate of drug-likeness (QED) is 0.451. The molecule has 0 saturated heterocycles. The molecule has 0 heterocycles. The summed E-state index contributed by atoms with van der Waals surface area (Å²) in [5.74, 6) is 0.0742. The van der Waals surface area contributed by atoms with Gasteiger partial charge in [0.25, 0.3) is 0 Å². The number of allylic oxidation sites excluding steroid dienone is 2. The minimum atomic E-state index is -0.950. The molecule has 0 amide bonds. The van der Waals surface area contributed by atoms with Crippen LogP contribution in [-0.4, -0.2) is 17.4 Å². The Balaban J connectivity index is 2.24. The highest BCUT2D eigenvalue weighted by atomic mass is 16.4. The van der Waals surface area contributed by atoms with Gasteiger partial charge in [-0.25, -0.2) is 0 Å². The minimum Gasteiger partial charge on any atom is -0.481 e. The molecule has 0 radical (unpaired) electrons. The summed E-state index contributed by atoms with van der Waals surface area (Å²) in [6, 6.07) is 0. The third-order valence-corrected chi connectivity index (χ3v) is 6.44. The second-order valence-electron chi connectivity index (χ2n) is 8.35.